The zero-order valence-corrected chi connectivity index (χ0v) is 8.49. The summed E-state index contributed by atoms with van der Waals surface area (Å²) in [7, 11) is 0. The third-order valence-corrected chi connectivity index (χ3v) is 2.07. The molecule has 1 aromatic heterocycles. The zero-order chi connectivity index (χ0) is 12.4. The van der Waals surface area contributed by atoms with Crippen LogP contribution in [0.5, 0.6) is 0 Å². The van der Waals surface area contributed by atoms with Crippen molar-refractivity contribution >= 4 is 23.0 Å². The summed E-state index contributed by atoms with van der Waals surface area (Å²) in [6, 6.07) is 6.38. The lowest BCUT2D eigenvalue weighted by atomic mass is 10.3. The summed E-state index contributed by atoms with van der Waals surface area (Å²) in [4.78, 5) is 33.3. The first-order chi connectivity index (χ1) is 8.09. The molecular formula is C11H7NO5. The predicted molar refractivity (Wildman–Crippen MR) is 57.9 cm³/mol. The molecule has 1 N–H and O–H groups in total. The van der Waals surface area contributed by atoms with Crippen LogP contribution in [0.25, 0.3) is 11.1 Å². The van der Waals surface area contributed by atoms with Crippen LogP contribution in [0.1, 0.15) is 4.79 Å². The van der Waals surface area contributed by atoms with Crippen molar-refractivity contribution in [2.45, 2.75) is 0 Å². The number of hydrogen-bond acceptors (Lipinski definition) is 4. The monoisotopic (exact) mass is 233 g/mol. The number of hydrogen-bond donors (Lipinski definition) is 1. The fourth-order valence-corrected chi connectivity index (χ4v) is 1.39. The molecule has 0 fully saturated rings. The number of oxazole rings is 1. The number of benzene rings is 1. The van der Waals surface area contributed by atoms with Crippen LogP contribution in [0.15, 0.2) is 45.6 Å². The standard InChI is InChI=1S/C11H7NO5/c13-9(5-6-10(14)15)12-7-3-1-2-4-8(7)17-11(12)16/h1-6H,(H,14,15). The first kappa shape index (κ1) is 10.9. The molecule has 0 radical (unpaired) electrons. The summed E-state index contributed by atoms with van der Waals surface area (Å²) in [5, 5.41) is 8.39. The molecule has 0 amide bonds. The van der Waals surface area contributed by atoms with E-state index in [1.165, 1.54) is 6.07 Å². The molecule has 1 aromatic carbocycles. The molecule has 0 unspecified atom stereocenters. The number of nitrogens with zero attached hydrogens (tertiary/aromatic N) is 1. The number of carbonyl (C=O) groups excluding carboxylic acids is 1. The van der Waals surface area contributed by atoms with Crippen LogP contribution >= 0.6 is 0 Å². The van der Waals surface area contributed by atoms with Gasteiger partial charge >= 0.3 is 11.7 Å². The van der Waals surface area contributed by atoms with E-state index < -0.39 is 17.6 Å². The van der Waals surface area contributed by atoms with Crippen LogP contribution < -0.4 is 5.76 Å². The number of carbonyl (C=O) groups is 2. The first-order valence-corrected chi connectivity index (χ1v) is 4.65. The Morgan fingerprint density at radius 2 is 1.94 bits per heavy atom. The second-order valence-electron chi connectivity index (χ2n) is 3.18. The fourth-order valence-electron chi connectivity index (χ4n) is 1.39. The van der Waals surface area contributed by atoms with Crippen molar-refractivity contribution in [3.05, 3.63) is 47.0 Å². The largest absolute Gasteiger partial charge is 0.478 e. The number of allylic oxidation sites excluding steroid dienone is 1. The summed E-state index contributed by atoms with van der Waals surface area (Å²) in [5.74, 6) is -2.87. The number of carboxylic acid groups (broad SMARTS) is 1. The molecule has 17 heavy (non-hydrogen) atoms. The summed E-state index contributed by atoms with van der Waals surface area (Å²) in [6.07, 6.45) is 1.46. The van der Waals surface area contributed by atoms with Crippen molar-refractivity contribution < 1.29 is 19.1 Å². The minimum Gasteiger partial charge on any atom is -0.478 e. The van der Waals surface area contributed by atoms with Gasteiger partial charge in [-0.25, -0.2) is 14.2 Å². The highest BCUT2D eigenvalue weighted by Gasteiger charge is 2.13. The lowest BCUT2D eigenvalue weighted by Crippen LogP contribution is -2.20. The summed E-state index contributed by atoms with van der Waals surface area (Å²) >= 11 is 0. The Hall–Kier alpha value is -2.63. The highest BCUT2D eigenvalue weighted by Crippen LogP contribution is 2.11. The maximum Gasteiger partial charge on any atom is 0.427 e. The van der Waals surface area contributed by atoms with Crippen molar-refractivity contribution in [3.8, 4) is 0 Å². The van der Waals surface area contributed by atoms with Crippen molar-refractivity contribution in [3.63, 3.8) is 0 Å². The van der Waals surface area contributed by atoms with Gasteiger partial charge in [-0.3, -0.25) is 4.79 Å². The molecule has 0 saturated carbocycles. The second-order valence-corrected chi connectivity index (χ2v) is 3.18. The molecule has 0 spiro atoms. The summed E-state index contributed by atoms with van der Waals surface area (Å²) < 4.78 is 5.60. The lowest BCUT2D eigenvalue weighted by molar-refractivity contribution is -0.131. The van der Waals surface area contributed by atoms with Crippen molar-refractivity contribution in [1.82, 2.24) is 4.57 Å². The molecule has 0 saturated heterocycles. The second kappa shape index (κ2) is 4.09. The Balaban J connectivity index is 2.55. The minimum absolute atomic E-state index is 0.273. The van der Waals surface area contributed by atoms with E-state index in [0.29, 0.717) is 11.6 Å². The molecule has 0 aliphatic carbocycles. The minimum atomic E-state index is -1.26. The number of aromatic nitrogens is 1. The first-order valence-electron chi connectivity index (χ1n) is 4.65. The maximum absolute atomic E-state index is 11.6. The summed E-state index contributed by atoms with van der Waals surface area (Å²) in [6.45, 7) is 0. The average Bonchev–Trinajstić information content (AvgIpc) is 2.61. The van der Waals surface area contributed by atoms with E-state index in [2.05, 4.69) is 0 Å². The molecule has 0 aliphatic rings. The van der Waals surface area contributed by atoms with E-state index in [-0.39, 0.29) is 5.58 Å². The Kier molecular flexibility index (Phi) is 2.61. The SMILES string of the molecule is O=C(O)C=CC(=O)n1c(=O)oc2ccccc21. The average molecular weight is 233 g/mol. The molecule has 2 rings (SSSR count). The molecule has 1 heterocycles. The van der Waals surface area contributed by atoms with Gasteiger partial charge in [0.2, 0.25) is 0 Å². The van der Waals surface area contributed by atoms with Gasteiger partial charge in [0.1, 0.15) is 0 Å². The van der Waals surface area contributed by atoms with E-state index in [1.54, 1.807) is 18.2 Å². The Morgan fingerprint density at radius 1 is 1.24 bits per heavy atom. The van der Waals surface area contributed by atoms with Gasteiger partial charge in [-0.15, -0.1) is 0 Å². The number of carboxylic acids is 1. The number of rotatable bonds is 2. The van der Waals surface area contributed by atoms with E-state index in [0.717, 1.165) is 10.6 Å². The smallest absolute Gasteiger partial charge is 0.427 e. The molecular weight excluding hydrogens is 226 g/mol. The number of aliphatic carboxylic acids is 1. The van der Waals surface area contributed by atoms with E-state index in [4.69, 9.17) is 9.52 Å². The molecule has 0 bridgehead atoms. The Labute approximate surface area is 94.4 Å². The molecule has 86 valence electrons. The molecule has 0 atom stereocenters. The van der Waals surface area contributed by atoms with Crippen LogP contribution in [0.4, 0.5) is 0 Å². The van der Waals surface area contributed by atoms with Crippen molar-refractivity contribution in [1.29, 1.82) is 0 Å². The Morgan fingerprint density at radius 3 is 2.65 bits per heavy atom. The van der Waals surface area contributed by atoms with Crippen molar-refractivity contribution in [2.24, 2.45) is 0 Å². The van der Waals surface area contributed by atoms with Crippen LogP contribution in [-0.4, -0.2) is 21.6 Å². The summed E-state index contributed by atoms with van der Waals surface area (Å²) in [5.41, 5.74) is 0.576. The normalized spacial score (nSPS) is 11.1. The van der Waals surface area contributed by atoms with Gasteiger partial charge in [-0.1, -0.05) is 12.1 Å². The number of fused-ring (bicyclic) bond motifs is 1. The third-order valence-electron chi connectivity index (χ3n) is 2.07. The maximum atomic E-state index is 11.6. The van der Waals surface area contributed by atoms with Gasteiger partial charge in [-0.05, 0) is 12.1 Å². The van der Waals surface area contributed by atoms with E-state index in [9.17, 15) is 14.4 Å². The molecule has 0 aliphatic heterocycles. The van der Waals surface area contributed by atoms with E-state index in [1.807, 2.05) is 0 Å². The van der Waals surface area contributed by atoms with Crippen LogP contribution in [0.3, 0.4) is 0 Å². The molecule has 6 nitrogen and oxygen atoms in total. The third kappa shape index (κ3) is 2.00. The van der Waals surface area contributed by atoms with Gasteiger partial charge in [0.15, 0.2) is 5.58 Å². The van der Waals surface area contributed by atoms with E-state index >= 15 is 0 Å². The number of para-hydroxylation sites is 2. The predicted octanol–water partition coefficient (Wildman–Crippen LogP) is 0.875. The Bertz CT molecular complexity index is 676. The highest BCUT2D eigenvalue weighted by molar-refractivity contribution is 5.99. The molecule has 6 heteroatoms. The topological polar surface area (TPSA) is 89.5 Å². The van der Waals surface area contributed by atoms with Gasteiger partial charge in [-0.2, -0.15) is 0 Å². The van der Waals surface area contributed by atoms with Crippen LogP contribution in [0.2, 0.25) is 0 Å². The van der Waals surface area contributed by atoms with Gasteiger partial charge in [0.25, 0.3) is 5.91 Å². The lowest BCUT2D eigenvalue weighted by Gasteiger charge is -1.94. The van der Waals surface area contributed by atoms with Gasteiger partial charge in [0.05, 0.1) is 5.52 Å². The quantitative estimate of drug-likeness (QED) is 0.777. The highest BCUT2D eigenvalue weighted by atomic mass is 16.4. The van der Waals surface area contributed by atoms with Gasteiger partial charge < -0.3 is 9.52 Å². The van der Waals surface area contributed by atoms with Gasteiger partial charge in [0, 0.05) is 12.2 Å². The van der Waals surface area contributed by atoms with Crippen molar-refractivity contribution in [2.75, 3.05) is 0 Å². The zero-order valence-electron chi connectivity index (χ0n) is 8.49. The van der Waals surface area contributed by atoms with Crippen LogP contribution in [-0.2, 0) is 4.79 Å². The molecule has 2 aromatic rings. The van der Waals surface area contributed by atoms with Crippen LogP contribution in [0, 0.1) is 0 Å². The fraction of sp³-hybridized carbons (Fsp3) is 0.